The third-order valence-electron chi connectivity index (χ3n) is 5.16. The molecule has 4 rings (SSSR count). The lowest BCUT2D eigenvalue weighted by Gasteiger charge is -2.27. The molecule has 1 aliphatic heterocycles. The highest BCUT2D eigenvalue weighted by Crippen LogP contribution is 2.33. The number of halogens is 1. The Bertz CT molecular complexity index is 1040. The summed E-state index contributed by atoms with van der Waals surface area (Å²) in [6.45, 7) is 0.0126. The maximum atomic E-state index is 13.7. The predicted molar refractivity (Wildman–Crippen MR) is 110 cm³/mol. The molecule has 5 nitrogen and oxygen atoms in total. The van der Waals surface area contributed by atoms with Crippen LogP contribution in [0.5, 0.6) is 5.75 Å². The maximum Gasteiger partial charge on any atom is 0.325 e. The number of ether oxygens (including phenoxy) is 1. The SMILES string of the molecule is O=C1NC(Cc2ccccc2)(c2ccccc2)C(=O)N1CCOc1ccccc1F. The van der Waals surface area contributed by atoms with Crippen molar-refractivity contribution in [3.05, 3.63) is 102 Å². The van der Waals surface area contributed by atoms with Crippen LogP contribution in [0.1, 0.15) is 11.1 Å². The van der Waals surface area contributed by atoms with Crippen molar-refractivity contribution in [2.45, 2.75) is 12.0 Å². The van der Waals surface area contributed by atoms with Gasteiger partial charge in [0.1, 0.15) is 6.61 Å². The van der Waals surface area contributed by atoms with E-state index in [1.54, 1.807) is 12.1 Å². The molecule has 0 aromatic heterocycles. The van der Waals surface area contributed by atoms with E-state index >= 15 is 0 Å². The van der Waals surface area contributed by atoms with E-state index in [1.807, 2.05) is 60.7 Å². The fourth-order valence-electron chi connectivity index (χ4n) is 3.68. The second-order valence-electron chi connectivity index (χ2n) is 7.10. The molecule has 6 heteroatoms. The van der Waals surface area contributed by atoms with Crippen LogP contribution in [0.15, 0.2) is 84.9 Å². The van der Waals surface area contributed by atoms with Gasteiger partial charge in [0.25, 0.3) is 5.91 Å². The van der Waals surface area contributed by atoms with Gasteiger partial charge in [-0.3, -0.25) is 9.69 Å². The Kier molecular flexibility index (Phi) is 5.48. The summed E-state index contributed by atoms with van der Waals surface area (Å²) in [7, 11) is 0. The first kappa shape index (κ1) is 19.6. The van der Waals surface area contributed by atoms with Gasteiger partial charge in [-0.05, 0) is 23.3 Å². The van der Waals surface area contributed by atoms with Crippen LogP contribution in [0.25, 0.3) is 0 Å². The molecule has 1 unspecified atom stereocenters. The third-order valence-corrected chi connectivity index (χ3v) is 5.16. The summed E-state index contributed by atoms with van der Waals surface area (Å²) in [5.74, 6) is -0.750. The Morgan fingerprint density at radius 3 is 2.20 bits per heavy atom. The van der Waals surface area contributed by atoms with Crippen molar-refractivity contribution in [2.75, 3.05) is 13.2 Å². The van der Waals surface area contributed by atoms with Crippen molar-refractivity contribution < 1.29 is 18.7 Å². The lowest BCUT2D eigenvalue weighted by Crippen LogP contribution is -2.46. The number of imide groups is 1. The number of nitrogens with one attached hydrogen (secondary N) is 1. The van der Waals surface area contributed by atoms with Gasteiger partial charge in [-0.1, -0.05) is 72.8 Å². The Balaban J connectivity index is 1.57. The zero-order valence-corrected chi connectivity index (χ0v) is 16.3. The lowest BCUT2D eigenvalue weighted by molar-refractivity contribution is -0.131. The Morgan fingerprint density at radius 2 is 1.50 bits per heavy atom. The molecule has 1 aliphatic rings. The average Bonchev–Trinajstić information content (AvgIpc) is 3.01. The van der Waals surface area contributed by atoms with Gasteiger partial charge in [0.2, 0.25) is 0 Å². The molecule has 30 heavy (non-hydrogen) atoms. The van der Waals surface area contributed by atoms with Crippen molar-refractivity contribution in [3.63, 3.8) is 0 Å². The number of carbonyl (C=O) groups excluding carboxylic acids is 2. The molecule has 1 fully saturated rings. The topological polar surface area (TPSA) is 58.6 Å². The van der Waals surface area contributed by atoms with E-state index in [-0.39, 0.29) is 24.8 Å². The highest BCUT2D eigenvalue weighted by molar-refractivity contribution is 6.07. The number of carbonyl (C=O) groups is 2. The normalized spacial score (nSPS) is 18.4. The van der Waals surface area contributed by atoms with Crippen molar-refractivity contribution >= 4 is 11.9 Å². The van der Waals surface area contributed by atoms with Crippen LogP contribution in [0.4, 0.5) is 9.18 Å². The Hall–Kier alpha value is -3.67. The molecule has 0 bridgehead atoms. The van der Waals surface area contributed by atoms with E-state index in [1.165, 1.54) is 12.1 Å². The Labute approximate surface area is 174 Å². The molecule has 1 heterocycles. The van der Waals surface area contributed by atoms with E-state index in [2.05, 4.69) is 5.32 Å². The molecule has 3 amide bonds. The number of urea groups is 1. The number of rotatable bonds is 7. The van der Waals surface area contributed by atoms with Crippen LogP contribution in [-0.4, -0.2) is 30.0 Å². The van der Waals surface area contributed by atoms with Crippen LogP contribution < -0.4 is 10.1 Å². The number of hydrogen-bond donors (Lipinski definition) is 1. The number of para-hydroxylation sites is 1. The van der Waals surface area contributed by atoms with Crippen molar-refractivity contribution in [2.24, 2.45) is 0 Å². The van der Waals surface area contributed by atoms with Gasteiger partial charge in [0, 0.05) is 6.42 Å². The number of benzene rings is 3. The van der Waals surface area contributed by atoms with Crippen LogP contribution >= 0.6 is 0 Å². The monoisotopic (exact) mass is 404 g/mol. The number of hydrogen-bond acceptors (Lipinski definition) is 3. The van der Waals surface area contributed by atoms with Gasteiger partial charge >= 0.3 is 6.03 Å². The molecular weight excluding hydrogens is 383 g/mol. The quantitative estimate of drug-likeness (QED) is 0.608. The predicted octanol–water partition coefficient (Wildman–Crippen LogP) is 3.89. The second-order valence-corrected chi connectivity index (χ2v) is 7.10. The lowest BCUT2D eigenvalue weighted by atomic mass is 9.83. The van der Waals surface area contributed by atoms with Gasteiger partial charge < -0.3 is 10.1 Å². The Morgan fingerprint density at radius 1 is 0.867 bits per heavy atom. The van der Waals surface area contributed by atoms with Crippen molar-refractivity contribution in [1.29, 1.82) is 0 Å². The van der Waals surface area contributed by atoms with Crippen molar-refractivity contribution in [1.82, 2.24) is 10.2 Å². The molecule has 1 saturated heterocycles. The van der Waals surface area contributed by atoms with Gasteiger partial charge in [-0.25, -0.2) is 9.18 Å². The van der Waals surface area contributed by atoms with Crippen LogP contribution in [0.2, 0.25) is 0 Å². The van der Waals surface area contributed by atoms with Crippen molar-refractivity contribution in [3.8, 4) is 5.75 Å². The van der Waals surface area contributed by atoms with Crippen LogP contribution in [0, 0.1) is 5.82 Å². The minimum absolute atomic E-state index is 0.00367. The van der Waals surface area contributed by atoms with Crippen LogP contribution in [0.3, 0.4) is 0 Å². The summed E-state index contributed by atoms with van der Waals surface area (Å²) in [5.41, 5.74) is 0.446. The fourth-order valence-corrected chi connectivity index (χ4v) is 3.68. The van der Waals surface area contributed by atoms with Gasteiger partial charge in [-0.2, -0.15) is 0 Å². The molecule has 3 aromatic carbocycles. The van der Waals surface area contributed by atoms with E-state index in [4.69, 9.17) is 4.74 Å². The molecule has 1 atom stereocenters. The molecule has 152 valence electrons. The minimum atomic E-state index is -1.20. The van der Waals surface area contributed by atoms with Gasteiger partial charge in [0.05, 0.1) is 6.54 Å². The zero-order valence-electron chi connectivity index (χ0n) is 16.3. The first-order valence-electron chi connectivity index (χ1n) is 9.71. The summed E-state index contributed by atoms with van der Waals surface area (Å²) in [6.07, 6.45) is 0.326. The fraction of sp³-hybridized carbons (Fsp3) is 0.167. The summed E-state index contributed by atoms with van der Waals surface area (Å²) in [5, 5.41) is 2.90. The smallest absolute Gasteiger partial charge is 0.325 e. The molecular formula is C24H21FN2O3. The summed E-state index contributed by atoms with van der Waals surface area (Å²) in [6, 6.07) is 24.3. The van der Waals surface area contributed by atoms with Gasteiger partial charge in [-0.15, -0.1) is 0 Å². The standard InChI is InChI=1S/C24H21FN2O3/c25-20-13-7-8-14-21(20)30-16-15-27-22(28)24(26-23(27)29,19-11-5-2-6-12-19)17-18-9-3-1-4-10-18/h1-14H,15-17H2,(H,26,29). The van der Waals surface area contributed by atoms with E-state index in [0.29, 0.717) is 12.0 Å². The number of nitrogens with zero attached hydrogens (tertiary/aromatic N) is 1. The number of amides is 3. The van der Waals surface area contributed by atoms with E-state index < -0.39 is 17.4 Å². The summed E-state index contributed by atoms with van der Waals surface area (Å²) in [4.78, 5) is 27.3. The van der Waals surface area contributed by atoms with E-state index in [0.717, 1.165) is 10.5 Å². The van der Waals surface area contributed by atoms with Crippen LogP contribution in [-0.2, 0) is 16.8 Å². The zero-order chi connectivity index (χ0) is 21.0. The summed E-state index contributed by atoms with van der Waals surface area (Å²) >= 11 is 0. The molecule has 0 spiro atoms. The first-order valence-corrected chi connectivity index (χ1v) is 9.71. The molecule has 0 saturated carbocycles. The third kappa shape index (κ3) is 3.76. The highest BCUT2D eigenvalue weighted by atomic mass is 19.1. The maximum absolute atomic E-state index is 13.7. The molecule has 1 N–H and O–H groups in total. The molecule has 3 aromatic rings. The first-order chi connectivity index (χ1) is 14.6. The largest absolute Gasteiger partial charge is 0.489 e. The molecule has 0 radical (unpaired) electrons. The minimum Gasteiger partial charge on any atom is -0.489 e. The second kappa shape index (κ2) is 8.37. The molecule has 0 aliphatic carbocycles. The summed E-state index contributed by atoms with van der Waals surface area (Å²) < 4.78 is 19.2. The van der Waals surface area contributed by atoms with Gasteiger partial charge in [0.15, 0.2) is 17.1 Å². The van der Waals surface area contributed by atoms with E-state index in [9.17, 15) is 14.0 Å². The average molecular weight is 404 g/mol. The highest BCUT2D eigenvalue weighted by Gasteiger charge is 2.52.